The molecule has 0 unspecified atom stereocenters. The summed E-state index contributed by atoms with van der Waals surface area (Å²) in [6, 6.07) is 15.9. The Labute approximate surface area is 178 Å². The molecule has 0 spiro atoms. The molecule has 160 valence electrons. The first-order valence-electron chi connectivity index (χ1n) is 10.1. The lowest BCUT2D eigenvalue weighted by Crippen LogP contribution is -2.20. The van der Waals surface area contributed by atoms with E-state index in [1.807, 2.05) is 30.3 Å². The van der Waals surface area contributed by atoms with E-state index in [0.717, 1.165) is 24.0 Å². The zero-order valence-electron chi connectivity index (χ0n) is 16.8. The number of rotatable bonds is 9. The molecule has 5 nitrogen and oxygen atoms in total. The summed E-state index contributed by atoms with van der Waals surface area (Å²) in [6.07, 6.45) is 7.14. The molecule has 1 aromatic heterocycles. The summed E-state index contributed by atoms with van der Waals surface area (Å²) < 4.78 is 37.1. The predicted octanol–water partition coefficient (Wildman–Crippen LogP) is 4.85. The van der Waals surface area contributed by atoms with Crippen LogP contribution in [-0.2, 0) is 6.54 Å². The molecule has 1 saturated carbocycles. The number of nitrogens with zero attached hydrogens (tertiary/aromatic N) is 2. The van der Waals surface area contributed by atoms with Gasteiger partial charge in [-0.2, -0.15) is 8.78 Å². The van der Waals surface area contributed by atoms with Crippen LogP contribution in [0.25, 0.3) is 12.2 Å². The number of alkyl halides is 2. The maximum atomic E-state index is 12.7. The Morgan fingerprint density at radius 2 is 1.87 bits per heavy atom. The second-order valence-electron chi connectivity index (χ2n) is 7.44. The lowest BCUT2D eigenvalue weighted by atomic mass is 10.1. The Hall–Kier alpha value is -3.48. The summed E-state index contributed by atoms with van der Waals surface area (Å²) in [6.45, 7) is -1.99. The number of aromatic nitrogens is 2. The lowest BCUT2D eigenvalue weighted by Gasteiger charge is -2.12. The van der Waals surface area contributed by atoms with Crippen LogP contribution < -0.4 is 15.0 Å². The van der Waals surface area contributed by atoms with Crippen LogP contribution in [0.1, 0.15) is 29.7 Å². The van der Waals surface area contributed by atoms with E-state index in [2.05, 4.69) is 9.72 Å². The zero-order valence-corrected chi connectivity index (χ0v) is 16.8. The second-order valence-corrected chi connectivity index (χ2v) is 7.44. The van der Waals surface area contributed by atoms with E-state index in [-0.39, 0.29) is 17.1 Å². The summed E-state index contributed by atoms with van der Waals surface area (Å²) in [4.78, 5) is 16.7. The molecule has 31 heavy (non-hydrogen) atoms. The molecule has 1 heterocycles. The average Bonchev–Trinajstić information content (AvgIpc) is 3.59. The van der Waals surface area contributed by atoms with Gasteiger partial charge in [-0.3, -0.25) is 9.36 Å². The Morgan fingerprint density at radius 3 is 2.58 bits per heavy atom. The van der Waals surface area contributed by atoms with Gasteiger partial charge in [0.15, 0.2) is 11.5 Å². The number of ether oxygens (including phenoxy) is 2. The van der Waals surface area contributed by atoms with E-state index >= 15 is 0 Å². The highest BCUT2D eigenvalue weighted by Crippen LogP contribution is 2.34. The monoisotopic (exact) mass is 424 g/mol. The van der Waals surface area contributed by atoms with Gasteiger partial charge in [-0.1, -0.05) is 42.5 Å². The van der Waals surface area contributed by atoms with Gasteiger partial charge in [0.2, 0.25) is 0 Å². The topological polar surface area (TPSA) is 53.4 Å². The Kier molecular flexibility index (Phi) is 6.40. The molecule has 0 bridgehead atoms. The minimum atomic E-state index is -2.92. The van der Waals surface area contributed by atoms with Crippen molar-refractivity contribution in [3.05, 3.63) is 88.1 Å². The van der Waals surface area contributed by atoms with Crippen molar-refractivity contribution in [3.63, 3.8) is 0 Å². The quantitative estimate of drug-likeness (QED) is 0.493. The van der Waals surface area contributed by atoms with Crippen molar-refractivity contribution in [2.75, 3.05) is 6.61 Å². The fourth-order valence-electron chi connectivity index (χ4n) is 3.04. The number of hydrogen-bond donors (Lipinski definition) is 0. The minimum absolute atomic E-state index is 0.00874. The third-order valence-corrected chi connectivity index (χ3v) is 4.90. The van der Waals surface area contributed by atoms with E-state index in [1.165, 1.54) is 23.0 Å². The minimum Gasteiger partial charge on any atom is -0.489 e. The smallest absolute Gasteiger partial charge is 0.387 e. The third-order valence-electron chi connectivity index (χ3n) is 4.90. The average molecular weight is 424 g/mol. The molecule has 1 aliphatic rings. The first kappa shape index (κ1) is 20.8. The Morgan fingerprint density at radius 1 is 1.06 bits per heavy atom. The maximum absolute atomic E-state index is 12.7. The fourth-order valence-corrected chi connectivity index (χ4v) is 3.04. The number of halogens is 2. The summed E-state index contributed by atoms with van der Waals surface area (Å²) in [5, 5.41) is 0. The molecule has 0 amide bonds. The van der Waals surface area contributed by atoms with E-state index in [4.69, 9.17) is 4.74 Å². The standard InChI is InChI=1S/C24H22F2N2O3/c25-24(26)31-21-11-9-17(12-22(21)30-15-19-6-7-19)8-10-20-13-23(29)28(16-27-20)14-18-4-2-1-3-5-18/h1-5,8-13,16,19,24H,6-7,14-15H2. The van der Waals surface area contributed by atoms with Crippen LogP contribution in [0.2, 0.25) is 0 Å². The highest BCUT2D eigenvalue weighted by molar-refractivity contribution is 5.69. The van der Waals surface area contributed by atoms with Crippen molar-refractivity contribution in [2.24, 2.45) is 5.92 Å². The molecular weight excluding hydrogens is 402 g/mol. The van der Waals surface area contributed by atoms with Crippen LogP contribution in [0.3, 0.4) is 0 Å². The van der Waals surface area contributed by atoms with Crippen LogP contribution in [0.15, 0.2) is 65.7 Å². The summed E-state index contributed by atoms with van der Waals surface area (Å²) in [5.74, 6) is 0.764. The first-order valence-corrected chi connectivity index (χ1v) is 10.1. The van der Waals surface area contributed by atoms with Crippen LogP contribution in [0.5, 0.6) is 11.5 Å². The predicted molar refractivity (Wildman–Crippen MR) is 114 cm³/mol. The van der Waals surface area contributed by atoms with Gasteiger partial charge in [0, 0.05) is 6.07 Å². The molecular formula is C24H22F2N2O3. The molecule has 0 atom stereocenters. The highest BCUT2D eigenvalue weighted by Gasteiger charge is 2.23. The van der Waals surface area contributed by atoms with Crippen molar-refractivity contribution in [3.8, 4) is 11.5 Å². The van der Waals surface area contributed by atoms with Crippen LogP contribution in [-0.4, -0.2) is 22.8 Å². The molecule has 0 radical (unpaired) electrons. The van der Waals surface area contributed by atoms with Gasteiger partial charge >= 0.3 is 6.61 Å². The van der Waals surface area contributed by atoms with Gasteiger partial charge in [0.1, 0.15) is 0 Å². The molecule has 0 aliphatic heterocycles. The van der Waals surface area contributed by atoms with Crippen molar-refractivity contribution >= 4 is 12.2 Å². The normalized spacial score (nSPS) is 13.6. The van der Waals surface area contributed by atoms with E-state index in [1.54, 1.807) is 24.3 Å². The van der Waals surface area contributed by atoms with Crippen molar-refractivity contribution in [1.82, 2.24) is 9.55 Å². The van der Waals surface area contributed by atoms with E-state index < -0.39 is 6.61 Å². The zero-order chi connectivity index (χ0) is 21.6. The molecule has 0 saturated heterocycles. The maximum Gasteiger partial charge on any atom is 0.387 e. The van der Waals surface area contributed by atoms with Gasteiger partial charge in [-0.05, 0) is 48.1 Å². The summed E-state index contributed by atoms with van der Waals surface area (Å²) >= 11 is 0. The van der Waals surface area contributed by atoms with Crippen LogP contribution in [0.4, 0.5) is 8.78 Å². The van der Waals surface area contributed by atoms with E-state index in [9.17, 15) is 13.6 Å². The Bertz CT molecular complexity index is 1110. The van der Waals surface area contributed by atoms with Crippen LogP contribution in [0, 0.1) is 5.92 Å². The highest BCUT2D eigenvalue weighted by atomic mass is 19.3. The van der Waals surface area contributed by atoms with Gasteiger partial charge in [0.05, 0.1) is 25.2 Å². The van der Waals surface area contributed by atoms with E-state index in [0.29, 0.717) is 24.8 Å². The SMILES string of the molecule is O=c1cc(C=Cc2ccc(OC(F)F)c(OCC3CC3)c2)ncn1Cc1ccccc1. The van der Waals surface area contributed by atoms with Gasteiger partial charge in [0.25, 0.3) is 5.56 Å². The van der Waals surface area contributed by atoms with Gasteiger partial charge < -0.3 is 9.47 Å². The Balaban J connectivity index is 1.48. The molecule has 1 aliphatic carbocycles. The van der Waals surface area contributed by atoms with Crippen LogP contribution >= 0.6 is 0 Å². The lowest BCUT2D eigenvalue weighted by molar-refractivity contribution is -0.0515. The number of hydrogen-bond acceptors (Lipinski definition) is 4. The molecule has 0 N–H and O–H groups in total. The fraction of sp³-hybridized carbons (Fsp3) is 0.250. The van der Waals surface area contributed by atoms with Crippen molar-refractivity contribution < 1.29 is 18.3 Å². The van der Waals surface area contributed by atoms with Crippen molar-refractivity contribution in [2.45, 2.75) is 26.0 Å². The molecule has 4 rings (SSSR count). The molecule has 3 aromatic rings. The second kappa shape index (κ2) is 9.55. The largest absolute Gasteiger partial charge is 0.489 e. The number of benzene rings is 2. The molecule has 2 aromatic carbocycles. The van der Waals surface area contributed by atoms with Gasteiger partial charge in [-0.25, -0.2) is 4.98 Å². The van der Waals surface area contributed by atoms with Crippen molar-refractivity contribution in [1.29, 1.82) is 0 Å². The van der Waals surface area contributed by atoms with Gasteiger partial charge in [-0.15, -0.1) is 0 Å². The molecule has 1 fully saturated rings. The summed E-state index contributed by atoms with van der Waals surface area (Å²) in [5.41, 5.74) is 2.08. The molecule has 7 heteroatoms. The first-order chi connectivity index (χ1) is 15.1. The third kappa shape index (κ3) is 6.01. The summed E-state index contributed by atoms with van der Waals surface area (Å²) in [7, 11) is 0.